The maximum absolute atomic E-state index is 5.99. The van der Waals surface area contributed by atoms with Crippen LogP contribution in [-0.2, 0) is 6.42 Å². The molecule has 0 spiro atoms. The van der Waals surface area contributed by atoms with Crippen LogP contribution in [-0.4, -0.2) is 11.5 Å². The van der Waals surface area contributed by atoms with Gasteiger partial charge < -0.3 is 10.6 Å². The zero-order valence-electron chi connectivity index (χ0n) is 12.1. The van der Waals surface area contributed by atoms with Gasteiger partial charge in [-0.05, 0) is 48.6 Å². The van der Waals surface area contributed by atoms with E-state index in [1.807, 2.05) is 19.2 Å². The van der Waals surface area contributed by atoms with Crippen molar-refractivity contribution in [1.82, 2.24) is 4.98 Å². The normalized spacial score (nSPS) is 19.6. The van der Waals surface area contributed by atoms with E-state index in [1.54, 1.807) is 0 Å². The summed E-state index contributed by atoms with van der Waals surface area (Å²) in [4.78, 5) is 6.86. The van der Waals surface area contributed by atoms with E-state index in [0.717, 1.165) is 24.3 Å². The summed E-state index contributed by atoms with van der Waals surface area (Å²) >= 11 is 0. The lowest BCUT2D eigenvalue weighted by atomic mass is 9.94. The number of para-hydroxylation sites is 1. The lowest BCUT2D eigenvalue weighted by molar-refractivity contribution is 0.560. The van der Waals surface area contributed by atoms with Gasteiger partial charge in [0.25, 0.3) is 0 Å². The van der Waals surface area contributed by atoms with Gasteiger partial charge in [0.15, 0.2) is 0 Å². The summed E-state index contributed by atoms with van der Waals surface area (Å²) in [5.41, 5.74) is 9.80. The fraction of sp³-hybridized carbons (Fsp3) is 0.353. The van der Waals surface area contributed by atoms with E-state index in [4.69, 9.17) is 5.73 Å². The molecule has 0 aliphatic carbocycles. The summed E-state index contributed by atoms with van der Waals surface area (Å²) in [5, 5.41) is 0. The van der Waals surface area contributed by atoms with Gasteiger partial charge in [-0.3, -0.25) is 0 Å². The molecule has 2 heterocycles. The van der Waals surface area contributed by atoms with Gasteiger partial charge in [-0.25, -0.2) is 4.98 Å². The Morgan fingerprint density at radius 3 is 2.90 bits per heavy atom. The Morgan fingerprint density at radius 1 is 1.30 bits per heavy atom. The Kier molecular flexibility index (Phi) is 3.45. The van der Waals surface area contributed by atoms with Crippen LogP contribution in [0.2, 0.25) is 0 Å². The first-order valence-corrected chi connectivity index (χ1v) is 7.22. The highest BCUT2D eigenvalue weighted by Crippen LogP contribution is 2.34. The van der Waals surface area contributed by atoms with Crippen LogP contribution < -0.4 is 10.6 Å². The number of nitrogens with zero attached hydrogens (tertiary/aromatic N) is 2. The van der Waals surface area contributed by atoms with Gasteiger partial charge in [0, 0.05) is 24.5 Å². The highest BCUT2D eigenvalue weighted by Gasteiger charge is 2.23. The Morgan fingerprint density at radius 2 is 2.10 bits per heavy atom. The number of pyridine rings is 1. The summed E-state index contributed by atoms with van der Waals surface area (Å²) in [5.74, 6) is 1.63. The smallest absolute Gasteiger partial charge is 0.133 e. The molecule has 2 aromatic rings. The largest absolute Gasteiger partial charge is 0.326 e. The second kappa shape index (κ2) is 5.25. The van der Waals surface area contributed by atoms with E-state index in [0.29, 0.717) is 5.92 Å². The van der Waals surface area contributed by atoms with E-state index in [9.17, 15) is 0 Å². The van der Waals surface area contributed by atoms with Gasteiger partial charge in [-0.15, -0.1) is 0 Å². The maximum atomic E-state index is 5.99. The number of anilines is 2. The fourth-order valence-corrected chi connectivity index (χ4v) is 2.88. The van der Waals surface area contributed by atoms with Crippen LogP contribution >= 0.6 is 0 Å². The molecule has 1 aromatic carbocycles. The summed E-state index contributed by atoms with van der Waals surface area (Å²) in [6.45, 7) is 5.30. The molecular weight excluding hydrogens is 246 g/mol. The summed E-state index contributed by atoms with van der Waals surface area (Å²) in [7, 11) is 0. The minimum Gasteiger partial charge on any atom is -0.326 e. The lowest BCUT2D eigenvalue weighted by Crippen LogP contribution is -2.31. The summed E-state index contributed by atoms with van der Waals surface area (Å²) in [6.07, 6.45) is 3.00. The number of fused-ring (bicyclic) bond motifs is 1. The molecule has 1 unspecified atom stereocenters. The SMILES string of the molecule is CC1Cc2ccccc2N(c2cc([C@@H](C)N)ccn2)C1. The molecule has 3 nitrogen and oxygen atoms in total. The third-order valence-electron chi connectivity index (χ3n) is 3.92. The molecule has 1 aliphatic rings. The van der Waals surface area contributed by atoms with Crippen LogP contribution in [0.25, 0.3) is 0 Å². The number of hydrogen-bond donors (Lipinski definition) is 1. The molecule has 0 amide bonds. The zero-order chi connectivity index (χ0) is 14.1. The number of nitrogens with two attached hydrogens (primary N) is 1. The van der Waals surface area contributed by atoms with Crippen LogP contribution in [0.1, 0.15) is 31.0 Å². The number of rotatable bonds is 2. The first-order valence-electron chi connectivity index (χ1n) is 7.22. The molecular formula is C17H21N3. The minimum absolute atomic E-state index is 0.0363. The molecule has 0 radical (unpaired) electrons. The van der Waals surface area contributed by atoms with E-state index >= 15 is 0 Å². The third kappa shape index (κ3) is 2.41. The van der Waals surface area contributed by atoms with Crippen molar-refractivity contribution < 1.29 is 0 Å². The van der Waals surface area contributed by atoms with Gasteiger partial charge in [-0.1, -0.05) is 25.1 Å². The topological polar surface area (TPSA) is 42.1 Å². The molecule has 0 saturated carbocycles. The van der Waals surface area contributed by atoms with Gasteiger partial charge in [0.2, 0.25) is 0 Å². The second-order valence-corrected chi connectivity index (χ2v) is 5.78. The van der Waals surface area contributed by atoms with Crippen molar-refractivity contribution in [2.24, 2.45) is 11.7 Å². The van der Waals surface area contributed by atoms with Gasteiger partial charge in [0.1, 0.15) is 5.82 Å². The molecule has 2 atom stereocenters. The first kappa shape index (κ1) is 13.1. The highest BCUT2D eigenvalue weighted by molar-refractivity contribution is 5.66. The summed E-state index contributed by atoms with van der Waals surface area (Å²) < 4.78 is 0. The maximum Gasteiger partial charge on any atom is 0.133 e. The molecule has 1 aromatic heterocycles. The predicted octanol–water partition coefficient (Wildman–Crippen LogP) is 3.43. The molecule has 104 valence electrons. The molecule has 0 bridgehead atoms. The van der Waals surface area contributed by atoms with Gasteiger partial charge in [-0.2, -0.15) is 0 Å². The molecule has 2 N–H and O–H groups in total. The second-order valence-electron chi connectivity index (χ2n) is 5.78. The first-order chi connectivity index (χ1) is 9.65. The predicted molar refractivity (Wildman–Crippen MR) is 83.2 cm³/mol. The van der Waals surface area contributed by atoms with Crippen LogP contribution in [0.5, 0.6) is 0 Å². The molecule has 3 rings (SSSR count). The average Bonchev–Trinajstić information content (AvgIpc) is 2.46. The van der Waals surface area contributed by atoms with Crippen LogP contribution in [0.15, 0.2) is 42.6 Å². The Hall–Kier alpha value is -1.87. The van der Waals surface area contributed by atoms with Crippen molar-refractivity contribution in [3.8, 4) is 0 Å². The van der Waals surface area contributed by atoms with E-state index < -0.39 is 0 Å². The highest BCUT2D eigenvalue weighted by atomic mass is 15.2. The van der Waals surface area contributed by atoms with Gasteiger partial charge >= 0.3 is 0 Å². The number of aromatic nitrogens is 1. The van der Waals surface area contributed by atoms with Crippen LogP contribution in [0.3, 0.4) is 0 Å². The molecule has 0 saturated heterocycles. The zero-order valence-corrected chi connectivity index (χ0v) is 12.1. The minimum atomic E-state index is 0.0363. The van der Waals surface area contributed by atoms with Crippen molar-refractivity contribution in [1.29, 1.82) is 0 Å². The average molecular weight is 267 g/mol. The van der Waals surface area contributed by atoms with Crippen LogP contribution in [0, 0.1) is 5.92 Å². The molecule has 1 aliphatic heterocycles. The van der Waals surface area contributed by atoms with E-state index in [-0.39, 0.29) is 6.04 Å². The van der Waals surface area contributed by atoms with Crippen molar-refractivity contribution in [3.05, 3.63) is 53.7 Å². The Balaban J connectivity index is 2.04. The van der Waals surface area contributed by atoms with Crippen molar-refractivity contribution in [2.75, 3.05) is 11.4 Å². The number of benzene rings is 1. The monoisotopic (exact) mass is 267 g/mol. The van der Waals surface area contributed by atoms with E-state index in [1.165, 1.54) is 11.3 Å². The standard InChI is InChI=1S/C17H21N3/c1-12-9-15-5-3-4-6-16(15)20(11-12)17-10-14(13(2)18)7-8-19-17/h3-8,10,12-13H,9,11,18H2,1-2H3/t12?,13-/m1/s1. The van der Waals surface area contributed by atoms with Gasteiger partial charge in [0.05, 0.1) is 0 Å². The van der Waals surface area contributed by atoms with Crippen molar-refractivity contribution in [2.45, 2.75) is 26.3 Å². The quantitative estimate of drug-likeness (QED) is 0.906. The summed E-state index contributed by atoms with van der Waals surface area (Å²) in [6, 6.07) is 12.7. The third-order valence-corrected chi connectivity index (χ3v) is 3.92. The van der Waals surface area contributed by atoms with E-state index in [2.05, 4.69) is 47.1 Å². The van der Waals surface area contributed by atoms with Crippen LogP contribution in [0.4, 0.5) is 11.5 Å². The lowest BCUT2D eigenvalue weighted by Gasteiger charge is -2.34. The van der Waals surface area contributed by atoms with Crippen molar-refractivity contribution in [3.63, 3.8) is 0 Å². The Bertz CT molecular complexity index is 607. The molecule has 3 heteroatoms. The number of hydrogen-bond acceptors (Lipinski definition) is 3. The fourth-order valence-electron chi connectivity index (χ4n) is 2.88. The molecule has 0 fully saturated rings. The Labute approximate surface area is 120 Å². The van der Waals surface area contributed by atoms with Crippen molar-refractivity contribution >= 4 is 11.5 Å². The molecule has 20 heavy (non-hydrogen) atoms.